The maximum atomic E-state index is 12.6. The molecule has 0 saturated carbocycles. The Morgan fingerprint density at radius 2 is 1.60 bits per heavy atom. The van der Waals surface area contributed by atoms with Crippen LogP contribution >= 0.6 is 0 Å². The van der Waals surface area contributed by atoms with Gasteiger partial charge in [-0.25, -0.2) is 4.79 Å². The number of carbonyl (C=O) groups excluding carboxylic acids is 1. The third-order valence-electron chi connectivity index (χ3n) is 4.71. The average molecular weight is 412 g/mol. The van der Waals surface area contributed by atoms with Crippen molar-refractivity contribution in [2.45, 2.75) is 26.1 Å². The summed E-state index contributed by atoms with van der Waals surface area (Å²) >= 11 is 0. The van der Waals surface area contributed by atoms with Gasteiger partial charge in [-0.1, -0.05) is 24.3 Å². The van der Waals surface area contributed by atoms with Crippen molar-refractivity contribution in [3.63, 3.8) is 0 Å². The second-order valence-electron chi connectivity index (χ2n) is 6.64. The number of nitrogens with one attached hydrogen (secondary N) is 2. The largest absolute Gasteiger partial charge is 0.463 e. The van der Waals surface area contributed by atoms with E-state index in [1.165, 1.54) is 30.3 Å². The summed E-state index contributed by atoms with van der Waals surface area (Å²) in [7, 11) is 0. The first-order chi connectivity index (χ1) is 14.3. The molecule has 10 heteroatoms. The highest BCUT2D eigenvalue weighted by Gasteiger charge is 2.34. The summed E-state index contributed by atoms with van der Waals surface area (Å²) < 4.78 is 5.17. The molecule has 0 aromatic heterocycles. The van der Waals surface area contributed by atoms with Crippen molar-refractivity contribution in [3.05, 3.63) is 91.2 Å². The van der Waals surface area contributed by atoms with Crippen LogP contribution in [0.2, 0.25) is 0 Å². The van der Waals surface area contributed by atoms with Gasteiger partial charge in [-0.05, 0) is 25.0 Å². The molecule has 156 valence electrons. The molecule has 2 aromatic rings. The summed E-state index contributed by atoms with van der Waals surface area (Å²) in [6, 6.07) is 11.3. The number of nitrogens with zero attached hydrogens (tertiary/aromatic N) is 2. The molecule has 1 heterocycles. The first-order valence-corrected chi connectivity index (χ1v) is 9.21. The summed E-state index contributed by atoms with van der Waals surface area (Å²) in [6.45, 7) is 3.55. The van der Waals surface area contributed by atoms with Crippen LogP contribution in [0.25, 0.3) is 0 Å². The summed E-state index contributed by atoms with van der Waals surface area (Å²) in [6.07, 6.45) is -0.563. The van der Waals surface area contributed by atoms with E-state index in [4.69, 9.17) is 4.74 Å². The SMILES string of the molecule is CCOC(=O)C1=C(C)N[C@@H](c2cccc([N+](=O)[O-])c2)N[C@@H]1c1cccc([N+](=O)[O-])c1. The molecule has 10 nitrogen and oxygen atoms in total. The van der Waals surface area contributed by atoms with Crippen molar-refractivity contribution in [1.82, 2.24) is 10.6 Å². The lowest BCUT2D eigenvalue weighted by molar-refractivity contribution is -0.385. The minimum atomic E-state index is -0.713. The van der Waals surface area contributed by atoms with Gasteiger partial charge in [-0.3, -0.25) is 25.5 Å². The van der Waals surface area contributed by atoms with Crippen LogP contribution in [0.3, 0.4) is 0 Å². The molecular formula is C20H20N4O6. The predicted octanol–water partition coefficient (Wildman–Crippen LogP) is 3.27. The average Bonchev–Trinajstić information content (AvgIpc) is 2.73. The molecule has 0 radical (unpaired) electrons. The molecule has 1 aliphatic heterocycles. The molecule has 0 aliphatic carbocycles. The quantitative estimate of drug-likeness (QED) is 0.419. The Kier molecular flexibility index (Phi) is 6.07. The van der Waals surface area contributed by atoms with Crippen molar-refractivity contribution in [1.29, 1.82) is 0 Å². The normalized spacial score (nSPS) is 18.5. The van der Waals surface area contributed by atoms with E-state index >= 15 is 0 Å². The fourth-order valence-corrected chi connectivity index (χ4v) is 3.36. The number of hydrogen-bond donors (Lipinski definition) is 2. The number of esters is 1. The number of nitro benzene ring substituents is 2. The molecule has 0 saturated heterocycles. The Hall–Kier alpha value is -3.79. The third kappa shape index (κ3) is 4.28. The molecule has 0 spiro atoms. The maximum Gasteiger partial charge on any atom is 0.337 e. The molecule has 0 fully saturated rings. The number of carbonyl (C=O) groups is 1. The lowest BCUT2D eigenvalue weighted by Crippen LogP contribution is -2.44. The first-order valence-electron chi connectivity index (χ1n) is 9.21. The molecule has 2 N–H and O–H groups in total. The van der Waals surface area contributed by atoms with Gasteiger partial charge in [0.2, 0.25) is 0 Å². The van der Waals surface area contributed by atoms with Crippen LogP contribution in [-0.4, -0.2) is 22.4 Å². The van der Waals surface area contributed by atoms with Gasteiger partial charge in [0, 0.05) is 30.0 Å². The highest BCUT2D eigenvalue weighted by molar-refractivity contribution is 5.91. The van der Waals surface area contributed by atoms with E-state index in [9.17, 15) is 25.0 Å². The van der Waals surface area contributed by atoms with Gasteiger partial charge in [0.25, 0.3) is 11.4 Å². The molecule has 0 unspecified atom stereocenters. The summed E-state index contributed by atoms with van der Waals surface area (Å²) in [4.78, 5) is 34.0. The van der Waals surface area contributed by atoms with E-state index in [-0.39, 0.29) is 18.0 Å². The molecule has 2 atom stereocenters. The fraction of sp³-hybridized carbons (Fsp3) is 0.250. The number of benzene rings is 2. The van der Waals surface area contributed by atoms with Crippen LogP contribution in [0.15, 0.2) is 59.8 Å². The first kappa shape index (κ1) is 20.9. The molecule has 3 rings (SSSR count). The van der Waals surface area contributed by atoms with Crippen molar-refractivity contribution in [2.75, 3.05) is 6.61 Å². The topological polar surface area (TPSA) is 137 Å². The number of rotatable bonds is 6. The van der Waals surface area contributed by atoms with Crippen LogP contribution in [0, 0.1) is 20.2 Å². The number of allylic oxidation sites excluding steroid dienone is 1. The highest BCUT2D eigenvalue weighted by Crippen LogP contribution is 2.34. The number of ether oxygens (including phenoxy) is 1. The molecule has 0 amide bonds. The van der Waals surface area contributed by atoms with Gasteiger partial charge in [0.15, 0.2) is 0 Å². The Balaban J connectivity index is 2.06. The van der Waals surface area contributed by atoms with E-state index in [1.807, 2.05) is 0 Å². The van der Waals surface area contributed by atoms with Crippen LogP contribution in [-0.2, 0) is 9.53 Å². The van der Waals surface area contributed by atoms with E-state index in [0.717, 1.165) is 0 Å². The van der Waals surface area contributed by atoms with Gasteiger partial charge in [0.1, 0.15) is 6.17 Å². The molecule has 0 bridgehead atoms. The second kappa shape index (κ2) is 8.70. The Morgan fingerprint density at radius 3 is 2.17 bits per heavy atom. The molecule has 1 aliphatic rings. The van der Waals surface area contributed by atoms with Gasteiger partial charge in [-0.2, -0.15) is 0 Å². The minimum Gasteiger partial charge on any atom is -0.463 e. The lowest BCUT2D eigenvalue weighted by atomic mass is 9.93. The lowest BCUT2D eigenvalue weighted by Gasteiger charge is -2.35. The van der Waals surface area contributed by atoms with E-state index < -0.39 is 28.0 Å². The zero-order valence-corrected chi connectivity index (χ0v) is 16.3. The van der Waals surface area contributed by atoms with Crippen LogP contribution in [0.5, 0.6) is 0 Å². The molecule has 2 aromatic carbocycles. The summed E-state index contributed by atoms with van der Waals surface area (Å²) in [5, 5.41) is 28.7. The number of nitro groups is 2. The summed E-state index contributed by atoms with van der Waals surface area (Å²) in [5.41, 5.74) is 1.71. The zero-order valence-electron chi connectivity index (χ0n) is 16.3. The second-order valence-corrected chi connectivity index (χ2v) is 6.64. The van der Waals surface area contributed by atoms with Crippen LogP contribution in [0.4, 0.5) is 11.4 Å². The van der Waals surface area contributed by atoms with Crippen molar-refractivity contribution in [3.8, 4) is 0 Å². The summed E-state index contributed by atoms with van der Waals surface area (Å²) in [5.74, 6) is -0.552. The van der Waals surface area contributed by atoms with E-state index in [0.29, 0.717) is 22.4 Å². The maximum absolute atomic E-state index is 12.6. The Morgan fingerprint density at radius 1 is 1.03 bits per heavy atom. The van der Waals surface area contributed by atoms with Crippen LogP contribution in [0.1, 0.15) is 37.2 Å². The molecule has 30 heavy (non-hydrogen) atoms. The van der Waals surface area contributed by atoms with Gasteiger partial charge in [0.05, 0.1) is 28.1 Å². The standard InChI is InChI=1S/C20H20N4O6/c1-3-30-20(25)17-12(2)21-19(14-7-5-9-16(11-14)24(28)29)22-18(17)13-6-4-8-15(10-13)23(26)27/h4-11,18-19,21-22H,3H2,1-2H3/t18-,19-/m1/s1. The number of hydrogen-bond acceptors (Lipinski definition) is 8. The Bertz CT molecular complexity index is 1040. The van der Waals surface area contributed by atoms with Gasteiger partial charge >= 0.3 is 5.97 Å². The fourth-order valence-electron chi connectivity index (χ4n) is 3.36. The van der Waals surface area contributed by atoms with Gasteiger partial charge < -0.3 is 10.1 Å². The predicted molar refractivity (Wildman–Crippen MR) is 107 cm³/mol. The minimum absolute atomic E-state index is 0.0687. The van der Waals surface area contributed by atoms with Crippen molar-refractivity contribution >= 4 is 17.3 Å². The Labute approximate surface area is 171 Å². The van der Waals surface area contributed by atoms with Crippen molar-refractivity contribution in [2.24, 2.45) is 0 Å². The van der Waals surface area contributed by atoms with E-state index in [1.54, 1.807) is 32.0 Å². The monoisotopic (exact) mass is 412 g/mol. The van der Waals surface area contributed by atoms with Crippen LogP contribution < -0.4 is 10.6 Å². The highest BCUT2D eigenvalue weighted by atomic mass is 16.6. The zero-order chi connectivity index (χ0) is 21.8. The van der Waals surface area contributed by atoms with Gasteiger partial charge in [-0.15, -0.1) is 0 Å². The van der Waals surface area contributed by atoms with E-state index in [2.05, 4.69) is 10.6 Å². The molecular weight excluding hydrogens is 392 g/mol. The smallest absolute Gasteiger partial charge is 0.337 e. The third-order valence-corrected chi connectivity index (χ3v) is 4.71. The number of non-ortho nitro benzene ring substituents is 2. The van der Waals surface area contributed by atoms with Crippen molar-refractivity contribution < 1.29 is 19.4 Å².